The summed E-state index contributed by atoms with van der Waals surface area (Å²) in [6.45, 7) is 1.51. The van der Waals surface area contributed by atoms with Gasteiger partial charge in [0.15, 0.2) is 5.78 Å². The van der Waals surface area contributed by atoms with Crippen molar-refractivity contribution in [3.8, 4) is 0 Å². The number of esters is 1. The molecule has 146 valence electrons. The average Bonchev–Trinajstić information content (AvgIpc) is 2.74. The van der Waals surface area contributed by atoms with Crippen molar-refractivity contribution in [1.82, 2.24) is 4.98 Å². The minimum Gasteiger partial charge on any atom is -0.465 e. The van der Waals surface area contributed by atoms with Gasteiger partial charge in [-0.1, -0.05) is 12.1 Å². The van der Waals surface area contributed by atoms with Crippen molar-refractivity contribution in [3.05, 3.63) is 83.7 Å². The molecule has 0 aliphatic rings. The van der Waals surface area contributed by atoms with Crippen molar-refractivity contribution in [3.63, 3.8) is 0 Å². The minimum atomic E-state index is -0.443. The van der Waals surface area contributed by atoms with E-state index in [0.717, 1.165) is 5.69 Å². The zero-order valence-electron chi connectivity index (χ0n) is 15.9. The Labute approximate surface area is 167 Å². The summed E-state index contributed by atoms with van der Waals surface area (Å²) < 4.78 is 4.64. The zero-order valence-corrected chi connectivity index (χ0v) is 15.9. The van der Waals surface area contributed by atoms with Gasteiger partial charge in [0.1, 0.15) is 5.69 Å². The smallest absolute Gasteiger partial charge is 0.337 e. The van der Waals surface area contributed by atoms with Gasteiger partial charge >= 0.3 is 5.97 Å². The Morgan fingerprint density at radius 1 is 0.862 bits per heavy atom. The fourth-order valence-electron chi connectivity index (χ4n) is 2.59. The summed E-state index contributed by atoms with van der Waals surface area (Å²) in [7, 11) is 1.31. The summed E-state index contributed by atoms with van der Waals surface area (Å²) >= 11 is 0. The molecule has 0 atom stereocenters. The molecule has 1 heterocycles. The molecule has 0 aliphatic carbocycles. The fourth-order valence-corrected chi connectivity index (χ4v) is 2.59. The summed E-state index contributed by atoms with van der Waals surface area (Å²) in [6.07, 6.45) is 1.54. The highest BCUT2D eigenvalue weighted by atomic mass is 16.5. The fraction of sp³-hybridized carbons (Fsp3) is 0.0909. The third kappa shape index (κ3) is 5.04. The van der Waals surface area contributed by atoms with E-state index >= 15 is 0 Å². The molecule has 0 fully saturated rings. The number of hydrogen-bond donors (Lipinski definition) is 2. The number of ketones is 1. The van der Waals surface area contributed by atoms with Crippen molar-refractivity contribution in [2.24, 2.45) is 0 Å². The number of benzene rings is 2. The summed E-state index contributed by atoms with van der Waals surface area (Å²) in [5.41, 5.74) is 3.22. The molecule has 7 nitrogen and oxygen atoms in total. The second-order valence-corrected chi connectivity index (χ2v) is 6.22. The molecule has 0 aliphatic heterocycles. The standard InChI is InChI=1S/C22H19N3O4/c1-14(26)16-4-3-5-18(12-16)24-19-10-11-20(23-13-19)21(27)25-17-8-6-15(7-9-17)22(28)29-2/h3-13,24H,1-2H3,(H,25,27). The highest BCUT2D eigenvalue weighted by molar-refractivity contribution is 6.03. The van der Waals surface area contributed by atoms with Crippen LogP contribution in [0.25, 0.3) is 0 Å². The van der Waals surface area contributed by atoms with Gasteiger partial charge in [-0.25, -0.2) is 9.78 Å². The lowest BCUT2D eigenvalue weighted by molar-refractivity contribution is 0.0600. The van der Waals surface area contributed by atoms with E-state index in [1.807, 2.05) is 6.07 Å². The van der Waals surface area contributed by atoms with Gasteiger partial charge in [0.05, 0.1) is 24.6 Å². The molecule has 0 saturated carbocycles. The monoisotopic (exact) mass is 389 g/mol. The van der Waals surface area contributed by atoms with Gasteiger partial charge < -0.3 is 15.4 Å². The van der Waals surface area contributed by atoms with Crippen molar-refractivity contribution in [1.29, 1.82) is 0 Å². The maximum atomic E-state index is 12.4. The van der Waals surface area contributed by atoms with Gasteiger partial charge in [-0.3, -0.25) is 9.59 Å². The zero-order chi connectivity index (χ0) is 20.8. The van der Waals surface area contributed by atoms with Crippen LogP contribution in [0.4, 0.5) is 17.1 Å². The van der Waals surface area contributed by atoms with Crippen molar-refractivity contribution in [2.45, 2.75) is 6.92 Å². The predicted molar refractivity (Wildman–Crippen MR) is 110 cm³/mol. The Hall–Kier alpha value is -4.00. The first-order valence-corrected chi connectivity index (χ1v) is 8.80. The van der Waals surface area contributed by atoms with Crippen LogP contribution in [-0.2, 0) is 4.74 Å². The molecule has 0 radical (unpaired) electrons. The number of aromatic nitrogens is 1. The highest BCUT2D eigenvalue weighted by Crippen LogP contribution is 2.18. The molecule has 0 saturated heterocycles. The third-order valence-electron chi connectivity index (χ3n) is 4.12. The van der Waals surface area contributed by atoms with E-state index in [1.165, 1.54) is 20.2 Å². The van der Waals surface area contributed by atoms with Crippen LogP contribution in [0.15, 0.2) is 66.9 Å². The number of carbonyl (C=O) groups is 3. The molecule has 0 spiro atoms. The van der Waals surface area contributed by atoms with E-state index in [-0.39, 0.29) is 17.4 Å². The molecule has 2 aromatic carbocycles. The SMILES string of the molecule is COC(=O)c1ccc(NC(=O)c2ccc(Nc3cccc(C(C)=O)c3)cn2)cc1. The number of nitrogens with zero attached hydrogens (tertiary/aromatic N) is 1. The van der Waals surface area contributed by atoms with Gasteiger partial charge in [0, 0.05) is 16.9 Å². The van der Waals surface area contributed by atoms with Crippen LogP contribution in [0, 0.1) is 0 Å². The number of nitrogens with one attached hydrogen (secondary N) is 2. The Morgan fingerprint density at radius 3 is 2.21 bits per heavy atom. The number of anilines is 3. The van der Waals surface area contributed by atoms with E-state index < -0.39 is 5.97 Å². The van der Waals surface area contributed by atoms with Crippen LogP contribution >= 0.6 is 0 Å². The molecule has 3 aromatic rings. The maximum Gasteiger partial charge on any atom is 0.337 e. The molecular formula is C22H19N3O4. The molecule has 2 N–H and O–H groups in total. The second-order valence-electron chi connectivity index (χ2n) is 6.22. The number of Topliss-reactive ketones (excluding diaryl/α,β-unsaturated/α-hetero) is 1. The molecule has 29 heavy (non-hydrogen) atoms. The average molecular weight is 389 g/mol. The largest absolute Gasteiger partial charge is 0.465 e. The lowest BCUT2D eigenvalue weighted by Crippen LogP contribution is -2.13. The van der Waals surface area contributed by atoms with Gasteiger partial charge in [0.25, 0.3) is 5.91 Å². The first-order chi connectivity index (χ1) is 14.0. The Bertz CT molecular complexity index is 1040. The van der Waals surface area contributed by atoms with Gasteiger partial charge in [0.2, 0.25) is 0 Å². The van der Waals surface area contributed by atoms with Crippen LogP contribution in [0.5, 0.6) is 0 Å². The van der Waals surface area contributed by atoms with Crippen LogP contribution in [0.1, 0.15) is 38.1 Å². The normalized spacial score (nSPS) is 10.1. The van der Waals surface area contributed by atoms with E-state index in [0.29, 0.717) is 22.5 Å². The van der Waals surface area contributed by atoms with E-state index in [4.69, 9.17) is 0 Å². The topological polar surface area (TPSA) is 97.4 Å². The third-order valence-corrected chi connectivity index (χ3v) is 4.12. The number of pyridine rings is 1. The first kappa shape index (κ1) is 19.8. The molecule has 0 unspecified atom stereocenters. The summed E-state index contributed by atoms with van der Waals surface area (Å²) in [5.74, 6) is -0.833. The number of carbonyl (C=O) groups excluding carboxylic acids is 3. The summed E-state index contributed by atoms with van der Waals surface area (Å²) in [4.78, 5) is 39.4. The van der Waals surface area contributed by atoms with Gasteiger partial charge in [-0.15, -0.1) is 0 Å². The van der Waals surface area contributed by atoms with Crippen LogP contribution in [0.3, 0.4) is 0 Å². The van der Waals surface area contributed by atoms with Crippen LogP contribution < -0.4 is 10.6 Å². The Morgan fingerprint density at radius 2 is 1.59 bits per heavy atom. The van der Waals surface area contributed by atoms with Gasteiger partial charge in [-0.2, -0.15) is 0 Å². The lowest BCUT2D eigenvalue weighted by atomic mass is 10.1. The Balaban J connectivity index is 1.65. The van der Waals surface area contributed by atoms with Gasteiger partial charge in [-0.05, 0) is 55.5 Å². The summed E-state index contributed by atoms with van der Waals surface area (Å²) in [5, 5.41) is 5.87. The molecule has 1 amide bonds. The molecule has 0 bridgehead atoms. The molecule has 1 aromatic heterocycles. The maximum absolute atomic E-state index is 12.4. The number of methoxy groups -OCH3 is 1. The lowest BCUT2D eigenvalue weighted by Gasteiger charge is -2.09. The summed E-state index contributed by atoms with van der Waals surface area (Å²) in [6, 6.07) is 16.8. The highest BCUT2D eigenvalue weighted by Gasteiger charge is 2.10. The quantitative estimate of drug-likeness (QED) is 0.487. The minimum absolute atomic E-state index is 0.0154. The number of hydrogen-bond acceptors (Lipinski definition) is 6. The second kappa shape index (κ2) is 8.79. The van der Waals surface area contributed by atoms with E-state index in [1.54, 1.807) is 54.6 Å². The molecule has 7 heteroatoms. The predicted octanol–water partition coefficient (Wildman–Crippen LogP) is 4.07. The molecular weight excluding hydrogens is 370 g/mol. The van der Waals surface area contributed by atoms with Crippen molar-refractivity contribution >= 4 is 34.7 Å². The van der Waals surface area contributed by atoms with Crippen molar-refractivity contribution in [2.75, 3.05) is 17.7 Å². The number of amides is 1. The number of ether oxygens (including phenoxy) is 1. The van der Waals surface area contributed by atoms with E-state index in [2.05, 4.69) is 20.4 Å². The first-order valence-electron chi connectivity index (χ1n) is 8.80. The van der Waals surface area contributed by atoms with Crippen LogP contribution in [-0.4, -0.2) is 29.8 Å². The number of rotatable bonds is 6. The Kier molecular flexibility index (Phi) is 5.99. The van der Waals surface area contributed by atoms with E-state index in [9.17, 15) is 14.4 Å². The van der Waals surface area contributed by atoms with Crippen molar-refractivity contribution < 1.29 is 19.1 Å². The van der Waals surface area contributed by atoms with Crippen LogP contribution in [0.2, 0.25) is 0 Å². The molecule has 3 rings (SSSR count).